The number of rotatable bonds is 2. The SMILES string of the molecule is CCC1(CC)C=CC(O)=CC1C(C)(C)C. The lowest BCUT2D eigenvalue weighted by atomic mass is 9.60. The molecule has 0 aliphatic heterocycles. The fourth-order valence-electron chi connectivity index (χ4n) is 2.79. The van der Waals surface area contributed by atoms with Crippen molar-refractivity contribution in [3.05, 3.63) is 24.0 Å². The van der Waals surface area contributed by atoms with E-state index >= 15 is 0 Å². The van der Waals surface area contributed by atoms with Gasteiger partial charge in [-0.1, -0.05) is 40.7 Å². The first-order valence-corrected chi connectivity index (χ1v) is 5.95. The van der Waals surface area contributed by atoms with Gasteiger partial charge in [0.25, 0.3) is 0 Å². The summed E-state index contributed by atoms with van der Waals surface area (Å²) in [5.41, 5.74) is 0.426. The molecule has 0 saturated carbocycles. The van der Waals surface area contributed by atoms with Gasteiger partial charge in [0.2, 0.25) is 0 Å². The predicted molar refractivity (Wildman–Crippen MR) is 65.8 cm³/mol. The third-order valence-electron chi connectivity index (χ3n) is 3.79. The number of aliphatic hydroxyl groups is 1. The second-order valence-corrected chi connectivity index (χ2v) is 5.71. The lowest BCUT2D eigenvalue weighted by Gasteiger charge is -2.45. The van der Waals surface area contributed by atoms with Gasteiger partial charge in [-0.15, -0.1) is 0 Å². The van der Waals surface area contributed by atoms with Crippen LogP contribution in [0.15, 0.2) is 24.0 Å². The molecule has 0 amide bonds. The van der Waals surface area contributed by atoms with Crippen LogP contribution in [0, 0.1) is 16.7 Å². The summed E-state index contributed by atoms with van der Waals surface area (Å²) in [5.74, 6) is 0.845. The van der Waals surface area contributed by atoms with Crippen molar-refractivity contribution in [2.45, 2.75) is 47.5 Å². The zero-order valence-electron chi connectivity index (χ0n) is 10.7. The van der Waals surface area contributed by atoms with Gasteiger partial charge in [-0.05, 0) is 41.7 Å². The van der Waals surface area contributed by atoms with E-state index in [1.54, 1.807) is 0 Å². The molecular formula is C14H24O. The Balaban J connectivity index is 3.12. The van der Waals surface area contributed by atoms with Crippen molar-refractivity contribution in [3.63, 3.8) is 0 Å². The molecule has 0 fully saturated rings. The first kappa shape index (κ1) is 12.4. The average Bonchev–Trinajstić information content (AvgIpc) is 2.17. The molecule has 1 atom stereocenters. The van der Waals surface area contributed by atoms with Crippen molar-refractivity contribution in [1.29, 1.82) is 0 Å². The minimum Gasteiger partial charge on any atom is -0.508 e. The molecule has 0 heterocycles. The number of aliphatic hydroxyl groups excluding tert-OH is 1. The molecule has 1 aliphatic rings. The average molecular weight is 208 g/mol. The van der Waals surface area contributed by atoms with Crippen LogP contribution in [0.4, 0.5) is 0 Å². The molecule has 0 radical (unpaired) electrons. The maximum absolute atomic E-state index is 9.64. The van der Waals surface area contributed by atoms with E-state index in [2.05, 4.69) is 40.7 Å². The lowest BCUT2D eigenvalue weighted by molar-refractivity contribution is 0.123. The van der Waals surface area contributed by atoms with Gasteiger partial charge in [-0.3, -0.25) is 0 Å². The summed E-state index contributed by atoms with van der Waals surface area (Å²) in [6.45, 7) is 11.2. The van der Waals surface area contributed by atoms with Gasteiger partial charge >= 0.3 is 0 Å². The fraction of sp³-hybridized carbons (Fsp3) is 0.714. The number of allylic oxidation sites excluding steroid dienone is 3. The molecule has 0 saturated heterocycles. The van der Waals surface area contributed by atoms with Crippen molar-refractivity contribution in [1.82, 2.24) is 0 Å². The van der Waals surface area contributed by atoms with E-state index in [-0.39, 0.29) is 10.8 Å². The van der Waals surface area contributed by atoms with Gasteiger partial charge < -0.3 is 5.11 Å². The number of hydrogen-bond donors (Lipinski definition) is 1. The van der Waals surface area contributed by atoms with Gasteiger partial charge in [0, 0.05) is 0 Å². The molecule has 0 aromatic rings. The van der Waals surface area contributed by atoms with Gasteiger partial charge in [0.05, 0.1) is 0 Å². The van der Waals surface area contributed by atoms with Crippen LogP contribution in [0.2, 0.25) is 0 Å². The Bertz CT molecular complexity index is 274. The number of hydrogen-bond acceptors (Lipinski definition) is 1. The topological polar surface area (TPSA) is 20.2 Å². The molecule has 0 aromatic heterocycles. The Labute approximate surface area is 93.9 Å². The van der Waals surface area contributed by atoms with Crippen LogP contribution >= 0.6 is 0 Å². The van der Waals surface area contributed by atoms with E-state index in [1.807, 2.05) is 12.2 Å². The second-order valence-electron chi connectivity index (χ2n) is 5.71. The quantitative estimate of drug-likeness (QED) is 0.710. The monoisotopic (exact) mass is 208 g/mol. The zero-order chi connectivity index (χ0) is 11.7. The van der Waals surface area contributed by atoms with Crippen LogP contribution in [0.1, 0.15) is 47.5 Å². The highest BCUT2D eigenvalue weighted by Gasteiger charge is 2.40. The van der Waals surface area contributed by atoms with Gasteiger partial charge in [0.1, 0.15) is 5.76 Å². The van der Waals surface area contributed by atoms with Crippen molar-refractivity contribution >= 4 is 0 Å². The van der Waals surface area contributed by atoms with E-state index in [0.717, 1.165) is 12.8 Å². The highest BCUT2D eigenvalue weighted by molar-refractivity contribution is 5.25. The van der Waals surface area contributed by atoms with Crippen molar-refractivity contribution in [2.75, 3.05) is 0 Å². The Morgan fingerprint density at radius 3 is 2.20 bits per heavy atom. The molecule has 0 aromatic carbocycles. The molecule has 1 heteroatoms. The molecule has 0 spiro atoms. The maximum atomic E-state index is 9.64. The maximum Gasteiger partial charge on any atom is 0.111 e. The Morgan fingerprint density at radius 1 is 1.27 bits per heavy atom. The third-order valence-corrected chi connectivity index (χ3v) is 3.79. The van der Waals surface area contributed by atoms with Crippen LogP contribution in [0.25, 0.3) is 0 Å². The summed E-state index contributed by atoms with van der Waals surface area (Å²) < 4.78 is 0. The second kappa shape index (κ2) is 4.03. The third kappa shape index (κ3) is 2.27. The minimum atomic E-state index is 0.199. The van der Waals surface area contributed by atoms with Crippen molar-refractivity contribution in [2.24, 2.45) is 16.7 Å². The fourth-order valence-corrected chi connectivity index (χ4v) is 2.79. The summed E-state index contributed by atoms with van der Waals surface area (Å²) in [4.78, 5) is 0. The molecule has 1 N–H and O–H groups in total. The van der Waals surface area contributed by atoms with E-state index in [9.17, 15) is 5.11 Å². The van der Waals surface area contributed by atoms with Crippen molar-refractivity contribution < 1.29 is 5.11 Å². The highest BCUT2D eigenvalue weighted by atomic mass is 16.3. The van der Waals surface area contributed by atoms with Crippen LogP contribution < -0.4 is 0 Å². The van der Waals surface area contributed by atoms with Gasteiger partial charge in [0.15, 0.2) is 0 Å². The normalized spacial score (nSPS) is 25.1. The largest absolute Gasteiger partial charge is 0.508 e. The van der Waals surface area contributed by atoms with Crippen LogP contribution in [-0.4, -0.2) is 5.11 Å². The lowest BCUT2D eigenvalue weighted by Crippen LogP contribution is -2.37. The summed E-state index contributed by atoms with van der Waals surface area (Å²) in [7, 11) is 0. The Kier molecular flexibility index (Phi) is 3.32. The van der Waals surface area contributed by atoms with Crippen LogP contribution in [0.3, 0.4) is 0 Å². The predicted octanol–water partition coefficient (Wildman–Crippen LogP) is 4.47. The van der Waals surface area contributed by atoms with Gasteiger partial charge in [-0.2, -0.15) is 0 Å². The van der Waals surface area contributed by atoms with E-state index in [0.29, 0.717) is 11.7 Å². The van der Waals surface area contributed by atoms with Crippen LogP contribution in [0.5, 0.6) is 0 Å². The highest BCUT2D eigenvalue weighted by Crippen LogP contribution is 2.49. The molecule has 0 bridgehead atoms. The Hall–Kier alpha value is -0.720. The summed E-state index contributed by atoms with van der Waals surface area (Å²) in [5, 5.41) is 9.64. The first-order valence-electron chi connectivity index (χ1n) is 5.95. The molecule has 15 heavy (non-hydrogen) atoms. The summed E-state index contributed by atoms with van der Waals surface area (Å²) in [6, 6.07) is 0. The standard InChI is InChI=1S/C14H24O/c1-6-14(7-2)9-8-11(15)10-12(14)13(3,4)5/h8-10,12,15H,6-7H2,1-5H3. The van der Waals surface area contributed by atoms with E-state index < -0.39 is 0 Å². The Morgan fingerprint density at radius 2 is 1.80 bits per heavy atom. The minimum absolute atomic E-state index is 0.199. The summed E-state index contributed by atoms with van der Waals surface area (Å²) in [6.07, 6.45) is 8.36. The first-order chi connectivity index (χ1) is 6.85. The van der Waals surface area contributed by atoms with E-state index in [4.69, 9.17) is 0 Å². The smallest absolute Gasteiger partial charge is 0.111 e. The molecular weight excluding hydrogens is 184 g/mol. The molecule has 1 nitrogen and oxygen atoms in total. The molecule has 1 aliphatic carbocycles. The molecule has 86 valence electrons. The van der Waals surface area contributed by atoms with Crippen LogP contribution in [-0.2, 0) is 0 Å². The van der Waals surface area contributed by atoms with Gasteiger partial charge in [-0.25, -0.2) is 0 Å². The van der Waals surface area contributed by atoms with Crippen molar-refractivity contribution in [3.8, 4) is 0 Å². The molecule has 1 rings (SSSR count). The van der Waals surface area contributed by atoms with E-state index in [1.165, 1.54) is 0 Å². The summed E-state index contributed by atoms with van der Waals surface area (Å²) >= 11 is 0. The molecule has 1 unspecified atom stereocenters. The zero-order valence-corrected chi connectivity index (χ0v) is 10.7.